The Hall–Kier alpha value is -1.72. The van der Waals surface area contributed by atoms with Gasteiger partial charge in [-0.3, -0.25) is 4.79 Å². The number of nitrogens with zero attached hydrogens (tertiary/aromatic N) is 1. The lowest BCUT2D eigenvalue weighted by Gasteiger charge is -2.23. The Morgan fingerprint density at radius 1 is 1.37 bits per heavy atom. The first-order chi connectivity index (χ1) is 8.87. The maximum absolute atomic E-state index is 12.2. The highest BCUT2D eigenvalue weighted by atomic mass is 19.4. The molecule has 1 aliphatic rings. The van der Waals surface area contributed by atoms with Crippen molar-refractivity contribution in [3.63, 3.8) is 0 Å². The number of carbonyl (C=O) groups is 1. The molecule has 0 atom stereocenters. The van der Waals surface area contributed by atoms with Crippen LogP contribution in [-0.2, 0) is 4.79 Å². The van der Waals surface area contributed by atoms with Crippen LogP contribution in [0.15, 0.2) is 18.2 Å². The van der Waals surface area contributed by atoms with E-state index in [0.717, 1.165) is 5.56 Å². The molecule has 0 spiro atoms. The highest BCUT2D eigenvalue weighted by Crippen LogP contribution is 2.34. The molecule has 0 saturated carbocycles. The van der Waals surface area contributed by atoms with E-state index >= 15 is 0 Å². The molecule has 0 unspecified atom stereocenters. The summed E-state index contributed by atoms with van der Waals surface area (Å²) < 4.78 is 41.5. The van der Waals surface area contributed by atoms with Crippen molar-refractivity contribution in [2.45, 2.75) is 19.5 Å². The SMILES string of the molecule is Cc1cccc(OCC(F)(F)F)c1N1CCC(=O)C1. The summed E-state index contributed by atoms with van der Waals surface area (Å²) in [5.41, 5.74) is 1.38. The van der Waals surface area contributed by atoms with Gasteiger partial charge in [-0.1, -0.05) is 12.1 Å². The number of ketones is 1. The number of benzene rings is 1. The number of hydrogen-bond donors (Lipinski definition) is 0. The Morgan fingerprint density at radius 3 is 2.68 bits per heavy atom. The third-order valence-electron chi connectivity index (χ3n) is 2.94. The number of anilines is 1. The molecule has 6 heteroatoms. The molecule has 0 radical (unpaired) electrons. The van der Waals surface area contributed by atoms with Gasteiger partial charge in [-0.2, -0.15) is 13.2 Å². The van der Waals surface area contributed by atoms with E-state index in [9.17, 15) is 18.0 Å². The Balaban J connectivity index is 2.23. The maximum atomic E-state index is 12.2. The quantitative estimate of drug-likeness (QED) is 0.848. The minimum absolute atomic E-state index is 0.0880. The summed E-state index contributed by atoms with van der Waals surface area (Å²) in [6.07, 6.45) is -3.95. The summed E-state index contributed by atoms with van der Waals surface area (Å²) in [5, 5.41) is 0. The lowest BCUT2D eigenvalue weighted by molar-refractivity contribution is -0.153. The molecule has 0 N–H and O–H groups in total. The average molecular weight is 273 g/mol. The number of carbonyl (C=O) groups excluding carboxylic acids is 1. The fraction of sp³-hybridized carbons (Fsp3) is 0.462. The number of hydrogen-bond acceptors (Lipinski definition) is 3. The van der Waals surface area contributed by atoms with Crippen molar-refractivity contribution in [2.24, 2.45) is 0 Å². The lowest BCUT2D eigenvalue weighted by Crippen LogP contribution is -2.24. The highest BCUT2D eigenvalue weighted by molar-refractivity contribution is 5.88. The standard InChI is InChI=1S/C13H14F3NO2/c1-9-3-2-4-11(19-8-13(14,15)16)12(9)17-6-5-10(18)7-17/h2-4H,5-8H2,1H3. The average Bonchev–Trinajstić information content (AvgIpc) is 2.72. The van der Waals surface area contributed by atoms with Crippen LogP contribution in [0, 0.1) is 6.92 Å². The molecule has 1 fully saturated rings. The smallest absolute Gasteiger partial charge is 0.422 e. The summed E-state index contributed by atoms with van der Waals surface area (Å²) in [6.45, 7) is 1.21. The largest absolute Gasteiger partial charge is 0.482 e. The number of alkyl halides is 3. The van der Waals surface area contributed by atoms with Crippen molar-refractivity contribution in [1.29, 1.82) is 0 Å². The van der Waals surface area contributed by atoms with Crippen LogP contribution in [0.25, 0.3) is 0 Å². The molecule has 3 nitrogen and oxygen atoms in total. The molecular formula is C13H14F3NO2. The number of Topliss-reactive ketones (excluding diaryl/α,β-unsaturated/α-hetero) is 1. The Kier molecular flexibility index (Phi) is 3.68. The molecule has 1 heterocycles. The summed E-state index contributed by atoms with van der Waals surface area (Å²) in [5.74, 6) is 0.261. The van der Waals surface area contributed by atoms with Gasteiger partial charge in [0, 0.05) is 13.0 Å². The van der Waals surface area contributed by atoms with Crippen LogP contribution < -0.4 is 9.64 Å². The van der Waals surface area contributed by atoms with Gasteiger partial charge in [-0.05, 0) is 18.6 Å². The fourth-order valence-electron chi connectivity index (χ4n) is 2.13. The predicted octanol–water partition coefficient (Wildman–Crippen LogP) is 2.72. The Labute approximate surface area is 109 Å². The van der Waals surface area contributed by atoms with Crippen molar-refractivity contribution in [2.75, 3.05) is 24.6 Å². The zero-order valence-corrected chi connectivity index (χ0v) is 10.5. The van der Waals surface area contributed by atoms with Crippen LogP contribution in [0.3, 0.4) is 0 Å². The first-order valence-corrected chi connectivity index (χ1v) is 5.92. The van der Waals surface area contributed by atoms with Crippen LogP contribution in [0.1, 0.15) is 12.0 Å². The third-order valence-corrected chi connectivity index (χ3v) is 2.94. The monoisotopic (exact) mass is 273 g/mol. The number of para-hydroxylation sites is 1. The zero-order chi connectivity index (χ0) is 14.0. The molecule has 19 heavy (non-hydrogen) atoms. The first kappa shape index (κ1) is 13.7. The van der Waals surface area contributed by atoms with Gasteiger partial charge in [0.25, 0.3) is 0 Å². The first-order valence-electron chi connectivity index (χ1n) is 5.92. The lowest BCUT2D eigenvalue weighted by atomic mass is 10.1. The molecular weight excluding hydrogens is 259 g/mol. The molecule has 1 aliphatic heterocycles. The van der Waals surface area contributed by atoms with Crippen molar-refractivity contribution in [3.05, 3.63) is 23.8 Å². The zero-order valence-electron chi connectivity index (χ0n) is 10.5. The molecule has 0 aromatic heterocycles. The van der Waals surface area contributed by atoms with Gasteiger partial charge in [0.05, 0.1) is 12.2 Å². The molecule has 2 rings (SSSR count). The van der Waals surface area contributed by atoms with E-state index in [4.69, 9.17) is 4.74 Å². The van der Waals surface area contributed by atoms with E-state index in [0.29, 0.717) is 18.7 Å². The minimum Gasteiger partial charge on any atom is -0.482 e. The predicted molar refractivity (Wildman–Crippen MR) is 64.6 cm³/mol. The van der Waals surface area contributed by atoms with Crippen molar-refractivity contribution in [3.8, 4) is 5.75 Å². The maximum Gasteiger partial charge on any atom is 0.422 e. The van der Waals surface area contributed by atoms with Crippen LogP contribution in [0.4, 0.5) is 18.9 Å². The van der Waals surface area contributed by atoms with Crippen LogP contribution in [-0.4, -0.2) is 31.7 Å². The summed E-state index contributed by atoms with van der Waals surface area (Å²) in [4.78, 5) is 13.1. The van der Waals surface area contributed by atoms with Gasteiger partial charge in [0.15, 0.2) is 12.4 Å². The third kappa shape index (κ3) is 3.39. The molecule has 0 aliphatic carbocycles. The Morgan fingerprint density at radius 2 is 2.11 bits per heavy atom. The van der Waals surface area contributed by atoms with Crippen molar-refractivity contribution < 1.29 is 22.7 Å². The summed E-state index contributed by atoms with van der Waals surface area (Å²) >= 11 is 0. The second-order valence-electron chi connectivity index (χ2n) is 4.54. The second kappa shape index (κ2) is 5.11. The van der Waals surface area contributed by atoms with Crippen LogP contribution in [0.5, 0.6) is 5.75 Å². The van der Waals surface area contributed by atoms with Gasteiger partial charge >= 0.3 is 6.18 Å². The summed E-state index contributed by atoms with van der Waals surface area (Å²) in [7, 11) is 0. The normalized spacial score (nSPS) is 16.0. The van der Waals surface area contributed by atoms with Crippen LogP contribution in [0.2, 0.25) is 0 Å². The minimum atomic E-state index is -4.37. The van der Waals surface area contributed by atoms with E-state index in [1.807, 2.05) is 0 Å². The fourth-order valence-corrected chi connectivity index (χ4v) is 2.13. The molecule has 1 saturated heterocycles. The van der Waals surface area contributed by atoms with E-state index in [2.05, 4.69) is 0 Å². The number of ether oxygens (including phenoxy) is 1. The van der Waals surface area contributed by atoms with Crippen LogP contribution >= 0.6 is 0 Å². The van der Waals surface area contributed by atoms with E-state index in [1.54, 1.807) is 24.0 Å². The topological polar surface area (TPSA) is 29.5 Å². The molecule has 1 aromatic rings. The molecule has 0 amide bonds. The van der Waals surface area contributed by atoms with E-state index in [1.165, 1.54) is 6.07 Å². The van der Waals surface area contributed by atoms with Crippen molar-refractivity contribution >= 4 is 11.5 Å². The van der Waals surface area contributed by atoms with E-state index < -0.39 is 12.8 Å². The second-order valence-corrected chi connectivity index (χ2v) is 4.54. The van der Waals surface area contributed by atoms with E-state index in [-0.39, 0.29) is 18.1 Å². The molecule has 104 valence electrons. The van der Waals surface area contributed by atoms with Gasteiger partial charge in [0.1, 0.15) is 5.75 Å². The highest BCUT2D eigenvalue weighted by Gasteiger charge is 2.30. The molecule has 1 aromatic carbocycles. The number of halogens is 3. The van der Waals surface area contributed by atoms with Gasteiger partial charge in [-0.15, -0.1) is 0 Å². The van der Waals surface area contributed by atoms with Gasteiger partial charge in [0.2, 0.25) is 0 Å². The van der Waals surface area contributed by atoms with Crippen molar-refractivity contribution in [1.82, 2.24) is 0 Å². The summed E-state index contributed by atoms with van der Waals surface area (Å²) in [6, 6.07) is 4.93. The number of aryl methyl sites for hydroxylation is 1. The number of rotatable bonds is 3. The Bertz CT molecular complexity index is 485. The van der Waals surface area contributed by atoms with Gasteiger partial charge < -0.3 is 9.64 Å². The van der Waals surface area contributed by atoms with Gasteiger partial charge in [-0.25, -0.2) is 0 Å². The molecule has 0 bridgehead atoms.